The first-order chi connectivity index (χ1) is 8.61. The van der Waals surface area contributed by atoms with Gasteiger partial charge < -0.3 is 0 Å². The van der Waals surface area contributed by atoms with Gasteiger partial charge in [0.25, 0.3) is 0 Å². The van der Waals surface area contributed by atoms with Crippen LogP contribution in [0.25, 0.3) is 0 Å². The number of nitrogens with zero attached hydrogens (tertiary/aromatic N) is 4. The molecule has 0 amide bonds. The van der Waals surface area contributed by atoms with Gasteiger partial charge >= 0.3 is 0 Å². The van der Waals surface area contributed by atoms with Crippen molar-refractivity contribution in [3.05, 3.63) is 32.9 Å². The van der Waals surface area contributed by atoms with E-state index in [4.69, 9.17) is 0 Å². The summed E-state index contributed by atoms with van der Waals surface area (Å²) in [5, 5.41) is 19.1. The molecule has 6 heteroatoms. The van der Waals surface area contributed by atoms with Gasteiger partial charge in [-0.15, -0.1) is 16.4 Å². The highest BCUT2D eigenvalue weighted by Gasteiger charge is 2.11. The standard InChI is InChI=1S/C12H12N4S2/c1-7-8(2)15-16-12(11(7)4-13)17-6-10-5-14-9(3)18-10/h5H,6H2,1-3H3. The van der Waals surface area contributed by atoms with Gasteiger partial charge in [-0.25, -0.2) is 4.98 Å². The molecule has 2 aromatic heterocycles. The van der Waals surface area contributed by atoms with Crippen LogP contribution in [-0.4, -0.2) is 15.2 Å². The van der Waals surface area contributed by atoms with Gasteiger partial charge in [0.2, 0.25) is 0 Å². The molecule has 2 rings (SSSR count). The summed E-state index contributed by atoms with van der Waals surface area (Å²) in [6, 6.07) is 2.21. The maximum absolute atomic E-state index is 9.18. The van der Waals surface area contributed by atoms with E-state index in [0.717, 1.165) is 22.0 Å². The molecular weight excluding hydrogens is 264 g/mol. The molecule has 0 aromatic carbocycles. The summed E-state index contributed by atoms with van der Waals surface area (Å²) in [6.07, 6.45) is 1.87. The van der Waals surface area contributed by atoms with Gasteiger partial charge in [-0.05, 0) is 26.3 Å². The van der Waals surface area contributed by atoms with E-state index < -0.39 is 0 Å². The minimum Gasteiger partial charge on any atom is -0.250 e. The summed E-state index contributed by atoms with van der Waals surface area (Å²) >= 11 is 3.20. The third-order valence-electron chi connectivity index (χ3n) is 2.55. The average Bonchev–Trinajstić information content (AvgIpc) is 2.77. The van der Waals surface area contributed by atoms with Crippen molar-refractivity contribution in [3.63, 3.8) is 0 Å². The largest absolute Gasteiger partial charge is 0.250 e. The molecule has 0 unspecified atom stereocenters. The van der Waals surface area contributed by atoms with Crippen molar-refractivity contribution >= 4 is 23.1 Å². The summed E-state index contributed by atoms with van der Waals surface area (Å²) in [7, 11) is 0. The highest BCUT2D eigenvalue weighted by Crippen LogP contribution is 2.27. The topological polar surface area (TPSA) is 62.5 Å². The van der Waals surface area contributed by atoms with Crippen molar-refractivity contribution in [3.8, 4) is 6.07 Å². The first kappa shape index (κ1) is 13.0. The second kappa shape index (κ2) is 5.46. The predicted octanol–water partition coefficient (Wildman–Crippen LogP) is 3.02. The first-order valence-corrected chi connectivity index (χ1v) is 7.20. The molecule has 0 saturated heterocycles. The summed E-state index contributed by atoms with van der Waals surface area (Å²) in [4.78, 5) is 5.39. The fourth-order valence-electron chi connectivity index (χ4n) is 1.43. The summed E-state index contributed by atoms with van der Waals surface area (Å²) in [6.45, 7) is 5.75. The van der Waals surface area contributed by atoms with E-state index in [-0.39, 0.29) is 0 Å². The normalized spacial score (nSPS) is 10.3. The van der Waals surface area contributed by atoms with Crippen LogP contribution in [-0.2, 0) is 5.75 Å². The molecule has 0 N–H and O–H groups in total. The zero-order chi connectivity index (χ0) is 13.1. The molecule has 0 saturated carbocycles. The van der Waals surface area contributed by atoms with Crippen molar-refractivity contribution in [2.75, 3.05) is 0 Å². The van der Waals surface area contributed by atoms with Crippen LogP contribution in [0, 0.1) is 32.1 Å². The molecule has 0 aliphatic rings. The summed E-state index contributed by atoms with van der Waals surface area (Å²) < 4.78 is 0. The Kier molecular flexibility index (Phi) is 3.94. The average molecular weight is 276 g/mol. The van der Waals surface area contributed by atoms with Crippen molar-refractivity contribution in [2.45, 2.75) is 31.6 Å². The minimum atomic E-state index is 0.633. The molecule has 0 radical (unpaired) electrons. The van der Waals surface area contributed by atoms with Gasteiger partial charge in [-0.3, -0.25) is 0 Å². The van der Waals surface area contributed by atoms with Crippen LogP contribution in [0.2, 0.25) is 0 Å². The maximum atomic E-state index is 9.18. The van der Waals surface area contributed by atoms with Gasteiger partial charge in [-0.1, -0.05) is 11.8 Å². The van der Waals surface area contributed by atoms with E-state index in [2.05, 4.69) is 21.3 Å². The number of hydrogen-bond donors (Lipinski definition) is 0. The number of thiazole rings is 1. The number of aryl methyl sites for hydroxylation is 2. The predicted molar refractivity (Wildman–Crippen MR) is 72.6 cm³/mol. The van der Waals surface area contributed by atoms with Crippen LogP contribution in [0.1, 0.15) is 26.7 Å². The number of aromatic nitrogens is 3. The van der Waals surface area contributed by atoms with Crippen molar-refractivity contribution in [1.82, 2.24) is 15.2 Å². The van der Waals surface area contributed by atoms with Crippen LogP contribution in [0.3, 0.4) is 0 Å². The van der Waals surface area contributed by atoms with Crippen LogP contribution >= 0.6 is 23.1 Å². The molecule has 0 fully saturated rings. The van der Waals surface area contributed by atoms with Crippen molar-refractivity contribution in [1.29, 1.82) is 5.26 Å². The lowest BCUT2D eigenvalue weighted by Gasteiger charge is -2.05. The van der Waals surface area contributed by atoms with E-state index >= 15 is 0 Å². The van der Waals surface area contributed by atoms with Crippen molar-refractivity contribution in [2.24, 2.45) is 0 Å². The summed E-state index contributed by atoms with van der Waals surface area (Å²) in [5.41, 5.74) is 2.36. The Hall–Kier alpha value is -1.45. The molecule has 4 nitrogen and oxygen atoms in total. The van der Waals surface area contributed by atoms with Crippen LogP contribution in [0.5, 0.6) is 0 Å². The van der Waals surface area contributed by atoms with Crippen LogP contribution < -0.4 is 0 Å². The first-order valence-electron chi connectivity index (χ1n) is 5.40. The zero-order valence-corrected chi connectivity index (χ0v) is 12.0. The fraction of sp³-hybridized carbons (Fsp3) is 0.333. The number of nitriles is 1. The van der Waals surface area contributed by atoms with E-state index in [0.29, 0.717) is 10.6 Å². The fourth-order valence-corrected chi connectivity index (χ4v) is 3.23. The van der Waals surface area contributed by atoms with Gasteiger partial charge in [0.05, 0.1) is 16.3 Å². The van der Waals surface area contributed by atoms with E-state index in [9.17, 15) is 5.26 Å². The Morgan fingerprint density at radius 3 is 2.72 bits per heavy atom. The van der Waals surface area contributed by atoms with E-state index in [1.54, 1.807) is 11.3 Å². The third-order valence-corrected chi connectivity index (χ3v) is 4.66. The Labute approximate surface area is 114 Å². The van der Waals surface area contributed by atoms with Crippen LogP contribution in [0.4, 0.5) is 0 Å². The SMILES string of the molecule is Cc1ncc(CSc2nnc(C)c(C)c2C#N)s1. The molecule has 2 aromatic rings. The molecule has 0 aliphatic carbocycles. The zero-order valence-electron chi connectivity index (χ0n) is 10.4. The minimum absolute atomic E-state index is 0.633. The highest BCUT2D eigenvalue weighted by atomic mass is 32.2. The van der Waals surface area contributed by atoms with Gasteiger partial charge in [0, 0.05) is 16.8 Å². The Morgan fingerprint density at radius 1 is 1.33 bits per heavy atom. The van der Waals surface area contributed by atoms with Crippen molar-refractivity contribution < 1.29 is 0 Å². The molecule has 92 valence electrons. The van der Waals surface area contributed by atoms with Gasteiger partial charge in [0.1, 0.15) is 11.1 Å². The van der Waals surface area contributed by atoms with Crippen LogP contribution in [0.15, 0.2) is 11.2 Å². The number of thioether (sulfide) groups is 1. The molecule has 2 heterocycles. The highest BCUT2D eigenvalue weighted by molar-refractivity contribution is 7.98. The van der Waals surface area contributed by atoms with E-state index in [1.807, 2.05) is 27.0 Å². The monoisotopic (exact) mass is 276 g/mol. The number of rotatable bonds is 3. The van der Waals surface area contributed by atoms with E-state index in [1.165, 1.54) is 16.6 Å². The molecule has 0 aliphatic heterocycles. The molecular formula is C12H12N4S2. The van der Waals surface area contributed by atoms with Gasteiger partial charge in [0.15, 0.2) is 0 Å². The lowest BCUT2D eigenvalue weighted by atomic mass is 10.1. The lowest BCUT2D eigenvalue weighted by Crippen LogP contribution is -1.98. The summed E-state index contributed by atoms with van der Waals surface area (Å²) in [5.74, 6) is 0.775. The molecule has 0 spiro atoms. The molecule has 0 bridgehead atoms. The molecule has 0 atom stereocenters. The lowest BCUT2D eigenvalue weighted by molar-refractivity contribution is 0.871. The maximum Gasteiger partial charge on any atom is 0.137 e. The third kappa shape index (κ3) is 2.68. The second-order valence-electron chi connectivity index (χ2n) is 3.84. The Morgan fingerprint density at radius 2 is 2.11 bits per heavy atom. The van der Waals surface area contributed by atoms with Gasteiger partial charge in [-0.2, -0.15) is 10.4 Å². The smallest absolute Gasteiger partial charge is 0.137 e. The Balaban J connectivity index is 2.20. The quantitative estimate of drug-likeness (QED) is 0.806. The second-order valence-corrected chi connectivity index (χ2v) is 6.12. The molecule has 18 heavy (non-hydrogen) atoms. The Bertz CT molecular complexity index is 613. The number of hydrogen-bond acceptors (Lipinski definition) is 6.